The fourth-order valence-corrected chi connectivity index (χ4v) is 3.40. The predicted octanol–water partition coefficient (Wildman–Crippen LogP) is 4.55. The molecule has 0 fully saturated rings. The lowest BCUT2D eigenvalue weighted by atomic mass is 9.94. The SMILES string of the molecule is Cc1cc(CNC(=O)C(C)c2c(-c3ccccc3)[nH]c3ccccc23)on1. The summed E-state index contributed by atoms with van der Waals surface area (Å²) in [6.45, 7) is 4.12. The smallest absolute Gasteiger partial charge is 0.227 e. The fourth-order valence-electron chi connectivity index (χ4n) is 3.40. The van der Waals surface area contributed by atoms with E-state index in [0.717, 1.165) is 33.4 Å². The number of para-hydroxylation sites is 1. The number of aromatic nitrogens is 2. The molecule has 2 aromatic carbocycles. The van der Waals surface area contributed by atoms with Gasteiger partial charge in [0.1, 0.15) is 0 Å². The Balaban J connectivity index is 1.67. The van der Waals surface area contributed by atoms with Gasteiger partial charge in [0.05, 0.1) is 23.9 Å². The molecule has 1 atom stereocenters. The van der Waals surface area contributed by atoms with Crippen LogP contribution in [0.4, 0.5) is 0 Å². The molecule has 0 bridgehead atoms. The minimum Gasteiger partial charge on any atom is -0.359 e. The summed E-state index contributed by atoms with van der Waals surface area (Å²) in [5, 5.41) is 7.87. The minimum atomic E-state index is -0.319. The summed E-state index contributed by atoms with van der Waals surface area (Å²) in [7, 11) is 0. The van der Waals surface area contributed by atoms with Crippen molar-refractivity contribution in [3.63, 3.8) is 0 Å². The second kappa shape index (κ2) is 7.11. The van der Waals surface area contributed by atoms with E-state index in [-0.39, 0.29) is 11.8 Å². The van der Waals surface area contributed by atoms with Gasteiger partial charge in [-0.3, -0.25) is 4.79 Å². The van der Waals surface area contributed by atoms with E-state index in [1.165, 1.54) is 0 Å². The van der Waals surface area contributed by atoms with Gasteiger partial charge in [-0.25, -0.2) is 0 Å². The molecule has 0 aliphatic carbocycles. The number of carbonyl (C=O) groups excluding carboxylic acids is 1. The molecule has 136 valence electrons. The van der Waals surface area contributed by atoms with Gasteiger partial charge in [-0.1, -0.05) is 53.7 Å². The van der Waals surface area contributed by atoms with Crippen LogP contribution in [0.2, 0.25) is 0 Å². The van der Waals surface area contributed by atoms with Gasteiger partial charge >= 0.3 is 0 Å². The van der Waals surface area contributed by atoms with E-state index in [0.29, 0.717) is 12.3 Å². The zero-order valence-corrected chi connectivity index (χ0v) is 15.3. The van der Waals surface area contributed by atoms with Crippen LogP contribution >= 0.6 is 0 Å². The van der Waals surface area contributed by atoms with Gasteiger partial charge in [0.2, 0.25) is 5.91 Å². The Morgan fingerprint density at radius 2 is 1.89 bits per heavy atom. The average Bonchev–Trinajstić information content (AvgIpc) is 3.29. The monoisotopic (exact) mass is 359 g/mol. The van der Waals surface area contributed by atoms with E-state index in [1.807, 2.05) is 56.3 Å². The summed E-state index contributed by atoms with van der Waals surface area (Å²) < 4.78 is 5.18. The number of amides is 1. The highest BCUT2D eigenvalue weighted by Gasteiger charge is 2.23. The van der Waals surface area contributed by atoms with Gasteiger partial charge in [0.15, 0.2) is 5.76 Å². The van der Waals surface area contributed by atoms with Crippen molar-refractivity contribution in [2.75, 3.05) is 0 Å². The molecular formula is C22H21N3O2. The van der Waals surface area contributed by atoms with Gasteiger partial charge < -0.3 is 14.8 Å². The van der Waals surface area contributed by atoms with Gasteiger partial charge in [-0.2, -0.15) is 0 Å². The van der Waals surface area contributed by atoms with Crippen molar-refractivity contribution in [2.45, 2.75) is 26.3 Å². The molecule has 4 rings (SSSR count). The number of H-pyrrole nitrogens is 1. The number of carbonyl (C=O) groups is 1. The lowest BCUT2D eigenvalue weighted by Gasteiger charge is -2.14. The number of rotatable bonds is 5. The van der Waals surface area contributed by atoms with Gasteiger partial charge in [0.25, 0.3) is 0 Å². The molecule has 5 heteroatoms. The summed E-state index contributed by atoms with van der Waals surface area (Å²) in [4.78, 5) is 16.3. The van der Waals surface area contributed by atoms with Crippen molar-refractivity contribution in [3.8, 4) is 11.3 Å². The molecule has 1 unspecified atom stereocenters. The second-order valence-corrected chi connectivity index (χ2v) is 6.70. The van der Waals surface area contributed by atoms with Crippen LogP contribution in [-0.2, 0) is 11.3 Å². The highest BCUT2D eigenvalue weighted by Crippen LogP contribution is 2.35. The number of fused-ring (bicyclic) bond motifs is 1. The van der Waals surface area contributed by atoms with Crippen molar-refractivity contribution >= 4 is 16.8 Å². The van der Waals surface area contributed by atoms with E-state index in [9.17, 15) is 4.79 Å². The Bertz CT molecular complexity index is 1080. The maximum atomic E-state index is 12.9. The Kier molecular flexibility index (Phi) is 4.50. The largest absolute Gasteiger partial charge is 0.359 e. The first kappa shape index (κ1) is 17.1. The molecule has 0 radical (unpaired) electrons. The summed E-state index contributed by atoms with van der Waals surface area (Å²) in [5.41, 5.74) is 4.87. The molecule has 0 aliphatic rings. The van der Waals surface area contributed by atoms with Gasteiger partial charge in [-0.15, -0.1) is 0 Å². The Labute approximate surface area is 157 Å². The molecule has 0 saturated carbocycles. The van der Waals surface area contributed by atoms with Crippen molar-refractivity contribution in [2.24, 2.45) is 0 Å². The van der Waals surface area contributed by atoms with E-state index >= 15 is 0 Å². The van der Waals surface area contributed by atoms with Crippen LogP contribution in [0.25, 0.3) is 22.2 Å². The van der Waals surface area contributed by atoms with Crippen molar-refractivity contribution < 1.29 is 9.32 Å². The minimum absolute atomic E-state index is 0.0500. The van der Waals surface area contributed by atoms with Crippen LogP contribution in [0.1, 0.15) is 29.9 Å². The predicted molar refractivity (Wildman–Crippen MR) is 105 cm³/mol. The standard InChI is InChI=1S/C22H21N3O2/c1-14-12-17(27-25-14)13-23-22(26)15(2)20-18-10-6-7-11-19(18)24-21(20)16-8-4-3-5-9-16/h3-12,15,24H,13H2,1-2H3,(H,23,26). The third-order valence-corrected chi connectivity index (χ3v) is 4.75. The third-order valence-electron chi connectivity index (χ3n) is 4.75. The maximum absolute atomic E-state index is 12.9. The number of nitrogens with one attached hydrogen (secondary N) is 2. The van der Waals surface area contributed by atoms with E-state index in [2.05, 4.69) is 33.7 Å². The fraction of sp³-hybridized carbons (Fsp3) is 0.182. The van der Waals surface area contributed by atoms with Crippen molar-refractivity contribution in [1.82, 2.24) is 15.5 Å². The zero-order chi connectivity index (χ0) is 18.8. The van der Waals surface area contributed by atoms with Crippen LogP contribution in [0.3, 0.4) is 0 Å². The summed E-state index contributed by atoms with van der Waals surface area (Å²) in [5.74, 6) is 0.279. The highest BCUT2D eigenvalue weighted by molar-refractivity contribution is 5.97. The van der Waals surface area contributed by atoms with E-state index in [1.54, 1.807) is 0 Å². The Morgan fingerprint density at radius 1 is 1.15 bits per heavy atom. The first-order chi connectivity index (χ1) is 13.1. The molecule has 27 heavy (non-hydrogen) atoms. The topological polar surface area (TPSA) is 70.9 Å². The summed E-state index contributed by atoms with van der Waals surface area (Å²) >= 11 is 0. The van der Waals surface area contributed by atoms with Crippen molar-refractivity contribution in [1.29, 1.82) is 0 Å². The highest BCUT2D eigenvalue weighted by atomic mass is 16.5. The Morgan fingerprint density at radius 3 is 2.63 bits per heavy atom. The molecule has 0 aliphatic heterocycles. The first-order valence-corrected chi connectivity index (χ1v) is 8.99. The van der Waals surface area contributed by atoms with Gasteiger partial charge in [0, 0.05) is 17.0 Å². The molecule has 1 amide bonds. The van der Waals surface area contributed by atoms with E-state index < -0.39 is 0 Å². The molecule has 5 nitrogen and oxygen atoms in total. The average molecular weight is 359 g/mol. The maximum Gasteiger partial charge on any atom is 0.227 e. The third kappa shape index (κ3) is 3.36. The molecule has 2 aromatic heterocycles. The number of hydrogen-bond acceptors (Lipinski definition) is 3. The van der Waals surface area contributed by atoms with Crippen LogP contribution < -0.4 is 5.32 Å². The number of benzene rings is 2. The van der Waals surface area contributed by atoms with Crippen LogP contribution in [-0.4, -0.2) is 16.0 Å². The van der Waals surface area contributed by atoms with Crippen LogP contribution in [0.15, 0.2) is 65.2 Å². The summed E-state index contributed by atoms with van der Waals surface area (Å²) in [6, 6.07) is 20.0. The molecule has 2 N–H and O–H groups in total. The molecule has 0 saturated heterocycles. The zero-order valence-electron chi connectivity index (χ0n) is 15.3. The molecule has 0 spiro atoms. The number of aryl methyl sites for hydroxylation is 1. The lowest BCUT2D eigenvalue weighted by molar-refractivity contribution is -0.122. The number of hydrogen-bond donors (Lipinski definition) is 2. The lowest BCUT2D eigenvalue weighted by Crippen LogP contribution is -2.27. The second-order valence-electron chi connectivity index (χ2n) is 6.70. The number of aromatic amines is 1. The summed E-state index contributed by atoms with van der Waals surface area (Å²) in [6.07, 6.45) is 0. The van der Waals surface area contributed by atoms with Gasteiger partial charge in [-0.05, 0) is 31.0 Å². The van der Waals surface area contributed by atoms with E-state index in [4.69, 9.17) is 4.52 Å². The quantitative estimate of drug-likeness (QED) is 0.549. The molecular weight excluding hydrogens is 338 g/mol. The van der Waals surface area contributed by atoms with Crippen LogP contribution in [0, 0.1) is 6.92 Å². The van der Waals surface area contributed by atoms with Crippen molar-refractivity contribution in [3.05, 3.63) is 77.7 Å². The molecule has 2 heterocycles. The number of nitrogens with zero attached hydrogens (tertiary/aromatic N) is 1. The first-order valence-electron chi connectivity index (χ1n) is 8.99. The Hall–Kier alpha value is -3.34. The normalized spacial score (nSPS) is 12.2. The molecule has 4 aromatic rings. The van der Waals surface area contributed by atoms with Crippen LogP contribution in [0.5, 0.6) is 0 Å².